The fraction of sp³-hybridized carbons (Fsp3) is 0.111. The van der Waals surface area contributed by atoms with Crippen molar-refractivity contribution in [3.05, 3.63) is 77.5 Å². The summed E-state index contributed by atoms with van der Waals surface area (Å²) < 4.78 is 0. The number of H-pyrrole nitrogens is 1. The Labute approximate surface area is 128 Å². The third kappa shape index (κ3) is 2.09. The molecule has 0 saturated heterocycles. The van der Waals surface area contributed by atoms with Crippen LogP contribution in [0, 0.1) is 0 Å². The molecule has 1 aliphatic heterocycles. The average molecular weight is 289 g/mol. The fourth-order valence-electron chi connectivity index (χ4n) is 2.88. The number of amides is 1. The van der Waals surface area contributed by atoms with Gasteiger partial charge in [-0.05, 0) is 5.56 Å². The van der Waals surface area contributed by atoms with Crippen LogP contribution in [0.3, 0.4) is 0 Å². The molecule has 2 heterocycles. The van der Waals surface area contributed by atoms with Crippen molar-refractivity contribution in [3.63, 3.8) is 0 Å². The van der Waals surface area contributed by atoms with E-state index in [0.29, 0.717) is 18.8 Å². The lowest BCUT2D eigenvalue weighted by atomic mass is 10.1. The zero-order valence-electron chi connectivity index (χ0n) is 12.0. The average Bonchev–Trinajstić information content (AvgIpc) is 3.11. The molecular formula is C18H15N3O. The summed E-state index contributed by atoms with van der Waals surface area (Å²) in [6.07, 6.45) is 0. The van der Waals surface area contributed by atoms with Gasteiger partial charge in [-0.1, -0.05) is 60.7 Å². The Bertz CT molecular complexity index is 809. The quantitative estimate of drug-likeness (QED) is 0.804. The van der Waals surface area contributed by atoms with E-state index in [-0.39, 0.29) is 5.91 Å². The smallest absolute Gasteiger partial charge is 0.272 e. The predicted octanol–water partition coefficient (Wildman–Crippen LogP) is 3.23. The van der Waals surface area contributed by atoms with E-state index < -0.39 is 0 Å². The minimum absolute atomic E-state index is 0.0218. The summed E-state index contributed by atoms with van der Waals surface area (Å²) >= 11 is 0. The highest BCUT2D eigenvalue weighted by molar-refractivity contribution is 5.98. The molecule has 22 heavy (non-hydrogen) atoms. The molecule has 0 unspecified atom stereocenters. The monoisotopic (exact) mass is 289 g/mol. The first kappa shape index (κ1) is 12.8. The summed E-state index contributed by atoms with van der Waals surface area (Å²) in [6.45, 7) is 1.22. The summed E-state index contributed by atoms with van der Waals surface area (Å²) in [5, 5.41) is 7.24. The van der Waals surface area contributed by atoms with Gasteiger partial charge in [0.2, 0.25) is 0 Å². The summed E-state index contributed by atoms with van der Waals surface area (Å²) in [4.78, 5) is 14.4. The zero-order chi connectivity index (χ0) is 14.9. The lowest BCUT2D eigenvalue weighted by molar-refractivity contribution is 0.0761. The minimum Gasteiger partial charge on any atom is -0.328 e. The maximum absolute atomic E-state index is 12.5. The first-order chi connectivity index (χ1) is 10.8. The van der Waals surface area contributed by atoms with E-state index in [1.54, 1.807) is 0 Å². The van der Waals surface area contributed by atoms with Crippen molar-refractivity contribution in [2.45, 2.75) is 13.1 Å². The molecule has 3 aromatic rings. The number of aromatic nitrogens is 2. The van der Waals surface area contributed by atoms with E-state index >= 15 is 0 Å². The minimum atomic E-state index is 0.0218. The first-order valence-electron chi connectivity index (χ1n) is 7.29. The maximum atomic E-state index is 12.5. The van der Waals surface area contributed by atoms with Gasteiger partial charge >= 0.3 is 0 Å². The Morgan fingerprint density at radius 1 is 1.00 bits per heavy atom. The van der Waals surface area contributed by atoms with Gasteiger partial charge in [0, 0.05) is 17.7 Å². The number of hydrogen-bond donors (Lipinski definition) is 1. The van der Waals surface area contributed by atoms with Crippen LogP contribution in [-0.4, -0.2) is 21.0 Å². The van der Waals surface area contributed by atoms with Gasteiger partial charge in [-0.3, -0.25) is 9.89 Å². The van der Waals surface area contributed by atoms with Crippen LogP contribution >= 0.6 is 0 Å². The van der Waals surface area contributed by atoms with Crippen LogP contribution in [0.2, 0.25) is 0 Å². The molecular weight excluding hydrogens is 274 g/mol. The predicted molar refractivity (Wildman–Crippen MR) is 84.0 cm³/mol. The van der Waals surface area contributed by atoms with Gasteiger partial charge in [-0.15, -0.1) is 0 Å². The van der Waals surface area contributed by atoms with Crippen LogP contribution in [0.5, 0.6) is 0 Å². The molecule has 4 heteroatoms. The number of rotatable bonds is 3. The fourth-order valence-corrected chi connectivity index (χ4v) is 2.88. The molecule has 0 atom stereocenters. The van der Waals surface area contributed by atoms with Crippen LogP contribution in [-0.2, 0) is 13.1 Å². The molecule has 0 saturated carbocycles. The van der Waals surface area contributed by atoms with Gasteiger partial charge in [0.25, 0.3) is 5.91 Å². The van der Waals surface area contributed by atoms with Crippen molar-refractivity contribution in [3.8, 4) is 11.3 Å². The molecule has 1 N–H and O–H groups in total. The Morgan fingerprint density at radius 2 is 1.68 bits per heavy atom. The highest BCUT2D eigenvalue weighted by atomic mass is 16.2. The third-order valence-corrected chi connectivity index (χ3v) is 3.98. The lowest BCUT2D eigenvalue weighted by Gasteiger charge is -2.15. The van der Waals surface area contributed by atoms with Crippen LogP contribution in [0.25, 0.3) is 11.3 Å². The number of benzene rings is 2. The molecule has 2 aromatic carbocycles. The normalized spacial score (nSPS) is 13.5. The van der Waals surface area contributed by atoms with Crippen LogP contribution in [0.4, 0.5) is 0 Å². The molecule has 4 rings (SSSR count). The second-order valence-electron chi connectivity index (χ2n) is 5.44. The number of carbonyl (C=O) groups is 1. The first-order valence-corrected chi connectivity index (χ1v) is 7.29. The molecule has 0 radical (unpaired) electrons. The van der Waals surface area contributed by atoms with Crippen LogP contribution in [0.1, 0.15) is 21.6 Å². The highest BCUT2D eigenvalue weighted by Crippen LogP contribution is 2.31. The lowest BCUT2D eigenvalue weighted by Crippen LogP contribution is -2.24. The van der Waals surface area contributed by atoms with Crippen LogP contribution < -0.4 is 0 Å². The standard InChI is InChI=1S/C18H15N3O/c22-18-17-15(12-21(18)11-13-7-3-1-4-8-13)16(19-20-17)14-9-5-2-6-10-14/h1-10H,11-12H2,(H,19,20). The summed E-state index contributed by atoms with van der Waals surface area (Å²) in [7, 11) is 0. The maximum Gasteiger partial charge on any atom is 0.272 e. The van der Waals surface area contributed by atoms with Gasteiger partial charge in [0.1, 0.15) is 5.69 Å². The number of aromatic amines is 1. The highest BCUT2D eigenvalue weighted by Gasteiger charge is 2.32. The number of hydrogen-bond acceptors (Lipinski definition) is 2. The Morgan fingerprint density at radius 3 is 2.41 bits per heavy atom. The van der Waals surface area contributed by atoms with E-state index in [4.69, 9.17) is 0 Å². The van der Waals surface area contributed by atoms with Gasteiger partial charge in [-0.25, -0.2) is 0 Å². The van der Waals surface area contributed by atoms with Crippen molar-refractivity contribution < 1.29 is 4.79 Å². The molecule has 4 nitrogen and oxygen atoms in total. The van der Waals surface area contributed by atoms with Crippen LogP contribution in [0.15, 0.2) is 60.7 Å². The van der Waals surface area contributed by atoms with Crippen molar-refractivity contribution >= 4 is 5.91 Å². The zero-order valence-corrected chi connectivity index (χ0v) is 12.0. The number of fused-ring (bicyclic) bond motifs is 1. The molecule has 0 bridgehead atoms. The Balaban J connectivity index is 1.64. The van der Waals surface area contributed by atoms with Gasteiger partial charge < -0.3 is 4.90 Å². The van der Waals surface area contributed by atoms with E-state index in [1.807, 2.05) is 65.6 Å². The van der Waals surface area contributed by atoms with Gasteiger partial charge in [0.05, 0.1) is 12.2 Å². The van der Waals surface area contributed by atoms with Crippen molar-refractivity contribution in [1.29, 1.82) is 0 Å². The van der Waals surface area contributed by atoms with E-state index in [1.165, 1.54) is 0 Å². The number of nitrogens with zero attached hydrogens (tertiary/aromatic N) is 2. The van der Waals surface area contributed by atoms with E-state index in [2.05, 4.69) is 10.2 Å². The van der Waals surface area contributed by atoms with E-state index in [0.717, 1.165) is 22.4 Å². The summed E-state index contributed by atoms with van der Waals surface area (Å²) in [5.74, 6) is 0.0218. The molecule has 0 aliphatic carbocycles. The summed E-state index contributed by atoms with van der Waals surface area (Å²) in [5.41, 5.74) is 4.66. The molecule has 1 aliphatic rings. The van der Waals surface area contributed by atoms with Crippen molar-refractivity contribution in [2.75, 3.05) is 0 Å². The largest absolute Gasteiger partial charge is 0.328 e. The second kappa shape index (κ2) is 5.15. The number of carbonyl (C=O) groups excluding carboxylic acids is 1. The van der Waals surface area contributed by atoms with Gasteiger partial charge in [-0.2, -0.15) is 5.10 Å². The third-order valence-electron chi connectivity index (χ3n) is 3.98. The molecule has 108 valence electrons. The summed E-state index contributed by atoms with van der Waals surface area (Å²) in [6, 6.07) is 20.0. The van der Waals surface area contributed by atoms with E-state index in [9.17, 15) is 4.79 Å². The van der Waals surface area contributed by atoms with Gasteiger partial charge in [0.15, 0.2) is 0 Å². The molecule has 1 amide bonds. The SMILES string of the molecule is O=C1c2[nH]nc(-c3ccccc3)c2CN1Cc1ccccc1. The molecule has 0 fully saturated rings. The molecule has 1 aromatic heterocycles. The van der Waals surface area contributed by atoms with Crippen molar-refractivity contribution in [1.82, 2.24) is 15.1 Å². The van der Waals surface area contributed by atoms with Crippen molar-refractivity contribution in [2.24, 2.45) is 0 Å². The molecule has 0 spiro atoms. The topological polar surface area (TPSA) is 49.0 Å². The Kier molecular flexibility index (Phi) is 3.00. The Hall–Kier alpha value is -2.88. The second-order valence-corrected chi connectivity index (χ2v) is 5.44. The number of nitrogens with one attached hydrogen (secondary N) is 1.